The third-order valence-corrected chi connectivity index (χ3v) is 2.57. The fraction of sp³-hybridized carbons (Fsp3) is 0. The topological polar surface area (TPSA) is 64.1 Å². The average Bonchev–Trinajstić information content (AvgIpc) is 2.27. The van der Waals surface area contributed by atoms with Gasteiger partial charge in [-0.15, -0.1) is 0 Å². The number of benzene rings is 2. The molecule has 0 saturated heterocycles. The molecular formula is C12H12ClN3. The summed E-state index contributed by atoms with van der Waals surface area (Å²) in [6.07, 6.45) is 0. The fourth-order valence-corrected chi connectivity index (χ4v) is 1.55. The second-order valence-electron chi connectivity index (χ2n) is 3.45. The Balaban J connectivity index is 2.28. The van der Waals surface area contributed by atoms with Crippen molar-refractivity contribution in [2.75, 3.05) is 16.8 Å². The van der Waals surface area contributed by atoms with E-state index >= 15 is 0 Å². The number of hydrogen-bond acceptors (Lipinski definition) is 3. The van der Waals surface area contributed by atoms with Crippen LogP contribution in [0, 0.1) is 0 Å². The van der Waals surface area contributed by atoms with Crippen LogP contribution in [0.25, 0.3) is 0 Å². The molecule has 0 saturated carbocycles. The zero-order valence-electron chi connectivity index (χ0n) is 8.57. The standard InChI is InChI=1S/C12H12ClN3/c13-9-3-1-2-4-12(9)16-8-5-6-10(14)11(15)7-8/h1-7,16H,14-15H2. The third-order valence-electron chi connectivity index (χ3n) is 2.24. The molecule has 0 atom stereocenters. The summed E-state index contributed by atoms with van der Waals surface area (Å²) < 4.78 is 0. The van der Waals surface area contributed by atoms with Gasteiger partial charge in [-0.25, -0.2) is 0 Å². The number of nitrogens with two attached hydrogens (primary N) is 2. The Hall–Kier alpha value is -1.87. The molecule has 2 aromatic carbocycles. The smallest absolute Gasteiger partial charge is 0.0640 e. The van der Waals surface area contributed by atoms with Crippen molar-refractivity contribution < 1.29 is 0 Å². The molecule has 0 aliphatic heterocycles. The molecule has 0 fully saturated rings. The van der Waals surface area contributed by atoms with Gasteiger partial charge < -0.3 is 16.8 Å². The number of para-hydroxylation sites is 1. The van der Waals surface area contributed by atoms with E-state index in [0.717, 1.165) is 11.4 Å². The maximum atomic E-state index is 6.03. The Morgan fingerprint density at radius 3 is 2.38 bits per heavy atom. The van der Waals surface area contributed by atoms with Gasteiger partial charge in [-0.05, 0) is 30.3 Å². The van der Waals surface area contributed by atoms with E-state index < -0.39 is 0 Å². The summed E-state index contributed by atoms with van der Waals surface area (Å²) in [4.78, 5) is 0. The normalized spacial score (nSPS) is 10.1. The minimum absolute atomic E-state index is 0.553. The largest absolute Gasteiger partial charge is 0.397 e. The zero-order chi connectivity index (χ0) is 11.5. The van der Waals surface area contributed by atoms with Gasteiger partial charge in [0.05, 0.1) is 22.1 Å². The van der Waals surface area contributed by atoms with Gasteiger partial charge >= 0.3 is 0 Å². The van der Waals surface area contributed by atoms with E-state index in [9.17, 15) is 0 Å². The number of nitrogen functional groups attached to an aromatic ring is 2. The predicted molar refractivity (Wildman–Crippen MR) is 70.0 cm³/mol. The molecule has 16 heavy (non-hydrogen) atoms. The summed E-state index contributed by atoms with van der Waals surface area (Å²) in [5.41, 5.74) is 14.2. The molecule has 2 rings (SSSR count). The average molecular weight is 234 g/mol. The monoisotopic (exact) mass is 233 g/mol. The van der Waals surface area contributed by atoms with Gasteiger partial charge in [-0.2, -0.15) is 0 Å². The Morgan fingerprint density at radius 1 is 0.938 bits per heavy atom. The summed E-state index contributed by atoms with van der Waals surface area (Å²) in [6, 6.07) is 12.9. The first kappa shape index (κ1) is 10.6. The van der Waals surface area contributed by atoms with Crippen LogP contribution in [-0.4, -0.2) is 0 Å². The van der Waals surface area contributed by atoms with Crippen LogP contribution in [0.15, 0.2) is 42.5 Å². The molecule has 0 spiro atoms. The number of hydrogen-bond donors (Lipinski definition) is 3. The van der Waals surface area contributed by atoms with Crippen molar-refractivity contribution in [1.82, 2.24) is 0 Å². The Kier molecular flexibility index (Phi) is 2.88. The van der Waals surface area contributed by atoms with E-state index in [4.69, 9.17) is 23.1 Å². The highest BCUT2D eigenvalue weighted by Crippen LogP contribution is 2.27. The number of nitrogens with one attached hydrogen (secondary N) is 1. The zero-order valence-corrected chi connectivity index (χ0v) is 9.33. The lowest BCUT2D eigenvalue weighted by Gasteiger charge is -2.09. The first-order chi connectivity index (χ1) is 7.66. The molecule has 0 aliphatic rings. The van der Waals surface area contributed by atoms with E-state index in [2.05, 4.69) is 5.32 Å². The minimum atomic E-state index is 0.553. The Bertz CT molecular complexity index is 511. The van der Waals surface area contributed by atoms with Gasteiger partial charge in [-0.1, -0.05) is 23.7 Å². The number of rotatable bonds is 2. The lowest BCUT2D eigenvalue weighted by Crippen LogP contribution is -1.97. The Labute approximate surface area is 99.0 Å². The van der Waals surface area contributed by atoms with Crippen molar-refractivity contribution in [3.05, 3.63) is 47.5 Å². The summed E-state index contributed by atoms with van der Waals surface area (Å²) >= 11 is 6.03. The van der Waals surface area contributed by atoms with Gasteiger partial charge in [0.1, 0.15) is 0 Å². The molecular weight excluding hydrogens is 222 g/mol. The molecule has 0 aliphatic carbocycles. The second kappa shape index (κ2) is 4.33. The van der Waals surface area contributed by atoms with Gasteiger partial charge in [-0.3, -0.25) is 0 Å². The highest BCUT2D eigenvalue weighted by Gasteiger charge is 2.01. The van der Waals surface area contributed by atoms with Crippen LogP contribution in [0.2, 0.25) is 5.02 Å². The highest BCUT2D eigenvalue weighted by molar-refractivity contribution is 6.33. The van der Waals surface area contributed by atoms with E-state index in [1.807, 2.05) is 30.3 Å². The molecule has 2 aromatic rings. The third kappa shape index (κ3) is 2.20. The van der Waals surface area contributed by atoms with E-state index in [0.29, 0.717) is 16.4 Å². The first-order valence-corrected chi connectivity index (χ1v) is 5.21. The first-order valence-electron chi connectivity index (χ1n) is 4.83. The molecule has 0 amide bonds. The van der Waals surface area contributed by atoms with Gasteiger partial charge in [0, 0.05) is 5.69 Å². The lowest BCUT2D eigenvalue weighted by molar-refractivity contribution is 1.54. The quantitative estimate of drug-likeness (QED) is 0.698. The minimum Gasteiger partial charge on any atom is -0.397 e. The van der Waals surface area contributed by atoms with Crippen molar-refractivity contribution in [1.29, 1.82) is 0 Å². The van der Waals surface area contributed by atoms with Crippen molar-refractivity contribution in [2.24, 2.45) is 0 Å². The van der Waals surface area contributed by atoms with Crippen LogP contribution in [-0.2, 0) is 0 Å². The van der Waals surface area contributed by atoms with Gasteiger partial charge in [0.15, 0.2) is 0 Å². The van der Waals surface area contributed by atoms with Gasteiger partial charge in [0.2, 0.25) is 0 Å². The SMILES string of the molecule is Nc1ccc(Nc2ccccc2Cl)cc1N. The van der Waals surface area contributed by atoms with Crippen LogP contribution in [0.5, 0.6) is 0 Å². The van der Waals surface area contributed by atoms with Crippen LogP contribution < -0.4 is 16.8 Å². The molecule has 4 heteroatoms. The molecule has 82 valence electrons. The second-order valence-corrected chi connectivity index (χ2v) is 3.86. The Morgan fingerprint density at radius 2 is 1.69 bits per heavy atom. The molecule has 0 bridgehead atoms. The summed E-state index contributed by atoms with van der Waals surface area (Å²) in [7, 11) is 0. The van der Waals surface area contributed by atoms with Gasteiger partial charge in [0.25, 0.3) is 0 Å². The molecule has 0 unspecified atom stereocenters. The summed E-state index contributed by atoms with van der Waals surface area (Å²) in [5.74, 6) is 0. The molecule has 0 radical (unpaired) electrons. The van der Waals surface area contributed by atoms with Crippen LogP contribution in [0.4, 0.5) is 22.7 Å². The maximum absolute atomic E-state index is 6.03. The van der Waals surface area contributed by atoms with Crippen molar-refractivity contribution in [3.63, 3.8) is 0 Å². The molecule has 3 nitrogen and oxygen atoms in total. The molecule has 0 aromatic heterocycles. The van der Waals surface area contributed by atoms with Crippen LogP contribution in [0.3, 0.4) is 0 Å². The summed E-state index contributed by atoms with van der Waals surface area (Å²) in [6.45, 7) is 0. The van der Waals surface area contributed by atoms with Crippen LogP contribution >= 0.6 is 11.6 Å². The fourth-order valence-electron chi connectivity index (χ4n) is 1.37. The number of halogens is 1. The van der Waals surface area contributed by atoms with Crippen molar-refractivity contribution >= 4 is 34.4 Å². The predicted octanol–water partition coefficient (Wildman–Crippen LogP) is 3.25. The van der Waals surface area contributed by atoms with Crippen molar-refractivity contribution in [2.45, 2.75) is 0 Å². The van der Waals surface area contributed by atoms with Crippen molar-refractivity contribution in [3.8, 4) is 0 Å². The van der Waals surface area contributed by atoms with Crippen LogP contribution in [0.1, 0.15) is 0 Å². The lowest BCUT2D eigenvalue weighted by atomic mass is 10.2. The highest BCUT2D eigenvalue weighted by atomic mass is 35.5. The summed E-state index contributed by atoms with van der Waals surface area (Å²) in [5, 5.41) is 3.84. The maximum Gasteiger partial charge on any atom is 0.0640 e. The van der Waals surface area contributed by atoms with E-state index in [1.54, 1.807) is 12.1 Å². The molecule has 0 heterocycles. The van der Waals surface area contributed by atoms with E-state index in [-0.39, 0.29) is 0 Å². The molecule has 5 N–H and O–H groups in total. The number of anilines is 4. The van der Waals surface area contributed by atoms with E-state index in [1.165, 1.54) is 0 Å².